The number of nitrogens with zero attached hydrogens (tertiary/aromatic N) is 2. The number of ether oxygens (including phenoxy) is 1. The highest BCUT2D eigenvalue weighted by atomic mass is 35.5. The molecule has 4 heterocycles. The van der Waals surface area contributed by atoms with Gasteiger partial charge in [0.25, 0.3) is 5.91 Å². The summed E-state index contributed by atoms with van der Waals surface area (Å²) in [6.07, 6.45) is 1.74. The number of carbonyl (C=O) groups is 2. The molecule has 3 saturated heterocycles. The summed E-state index contributed by atoms with van der Waals surface area (Å²) in [7, 11) is 1.63. The van der Waals surface area contributed by atoms with E-state index in [1.807, 2.05) is 6.92 Å². The molecule has 146 valence electrons. The third-order valence-corrected chi connectivity index (χ3v) is 6.31. The molecule has 0 aromatic heterocycles. The number of piperidine rings is 3. The van der Waals surface area contributed by atoms with Gasteiger partial charge >= 0.3 is 5.91 Å². The monoisotopic (exact) mass is 393 g/mol. The molecule has 1 aromatic rings. The predicted molar refractivity (Wildman–Crippen MR) is 101 cm³/mol. The smallest absolute Gasteiger partial charge is 0.348 e. The highest BCUT2D eigenvalue weighted by Gasteiger charge is 2.42. The molecule has 27 heavy (non-hydrogen) atoms. The van der Waals surface area contributed by atoms with Gasteiger partial charge in [-0.15, -0.1) is 0 Å². The van der Waals surface area contributed by atoms with Crippen LogP contribution in [0.3, 0.4) is 0 Å². The van der Waals surface area contributed by atoms with Crippen LogP contribution in [0.2, 0.25) is 5.02 Å². The Morgan fingerprint density at radius 2 is 2.07 bits per heavy atom. The first-order valence-corrected chi connectivity index (χ1v) is 9.87. The van der Waals surface area contributed by atoms with Crippen LogP contribution in [0, 0.1) is 11.1 Å². The number of nitrogens with one attached hydrogen (secondary N) is 1. The Kier molecular flexibility index (Phi) is 4.88. The molecule has 4 aliphatic heterocycles. The first-order valence-electron chi connectivity index (χ1n) is 9.49. The van der Waals surface area contributed by atoms with Crippen molar-refractivity contribution in [2.75, 3.05) is 31.6 Å². The zero-order valence-electron chi connectivity index (χ0n) is 15.5. The van der Waals surface area contributed by atoms with Gasteiger partial charge in [0.2, 0.25) is 0 Å². The van der Waals surface area contributed by atoms with Gasteiger partial charge in [-0.3, -0.25) is 9.69 Å². The number of hydrogen-bond donors (Lipinski definition) is 1. The molecule has 1 N–H and O–H groups in total. The zero-order valence-corrected chi connectivity index (χ0v) is 16.3. The van der Waals surface area contributed by atoms with E-state index in [1.54, 1.807) is 13.1 Å². The highest BCUT2D eigenvalue weighted by molar-refractivity contribution is 6.31. The number of carbonyl (C=O) groups excluding carboxylic acids is 2. The van der Waals surface area contributed by atoms with Crippen LogP contribution in [0.5, 0.6) is 5.75 Å². The minimum atomic E-state index is -0.665. The Bertz CT molecular complexity index is 778. The van der Waals surface area contributed by atoms with Gasteiger partial charge in [-0.25, -0.2) is 4.79 Å². The second-order valence-corrected chi connectivity index (χ2v) is 8.09. The van der Waals surface area contributed by atoms with Crippen LogP contribution < -0.4 is 14.7 Å². The van der Waals surface area contributed by atoms with E-state index in [9.17, 15) is 14.8 Å². The maximum absolute atomic E-state index is 13.1. The van der Waals surface area contributed by atoms with Crippen LogP contribution in [0.4, 0.5) is 5.69 Å². The number of quaternary nitrogens is 1. The van der Waals surface area contributed by atoms with E-state index >= 15 is 0 Å². The van der Waals surface area contributed by atoms with E-state index < -0.39 is 12.0 Å². The summed E-state index contributed by atoms with van der Waals surface area (Å²) in [6, 6.07) is 2.81. The minimum absolute atomic E-state index is 0.164. The van der Waals surface area contributed by atoms with Crippen LogP contribution in [0.25, 0.3) is 0 Å². The third-order valence-electron chi connectivity index (χ3n) is 6.09. The molecule has 0 spiro atoms. The van der Waals surface area contributed by atoms with Crippen LogP contribution in [-0.2, 0) is 4.79 Å². The van der Waals surface area contributed by atoms with Crippen molar-refractivity contribution in [3.8, 4) is 5.75 Å². The lowest BCUT2D eigenvalue weighted by atomic mass is 9.83. The minimum Gasteiger partial charge on any atom is -0.626 e. The van der Waals surface area contributed by atoms with E-state index in [1.165, 1.54) is 11.0 Å². The second kappa shape index (κ2) is 7.05. The van der Waals surface area contributed by atoms with E-state index in [-0.39, 0.29) is 34.2 Å². The predicted octanol–water partition coefficient (Wildman–Crippen LogP) is 1.09. The van der Waals surface area contributed by atoms with Gasteiger partial charge < -0.3 is 19.9 Å². The van der Waals surface area contributed by atoms with Gasteiger partial charge in [-0.05, 0) is 44.5 Å². The number of hydrogen-bond acceptors (Lipinski definition) is 5. The topological polar surface area (TPSA) is 77.3 Å². The average Bonchev–Trinajstić information content (AvgIpc) is 2.70. The molecule has 1 aromatic carbocycles. The molecule has 0 radical (unpaired) electrons. The van der Waals surface area contributed by atoms with Gasteiger partial charge in [-0.1, -0.05) is 18.5 Å². The summed E-state index contributed by atoms with van der Waals surface area (Å²) in [6.45, 7) is 4.50. The van der Waals surface area contributed by atoms with E-state index in [0.29, 0.717) is 23.7 Å². The maximum Gasteiger partial charge on any atom is 0.348 e. The summed E-state index contributed by atoms with van der Waals surface area (Å²) in [5, 5.41) is 13.0. The number of hydroxylamine groups is 2. The van der Waals surface area contributed by atoms with Crippen molar-refractivity contribution in [3.05, 3.63) is 27.9 Å². The summed E-state index contributed by atoms with van der Waals surface area (Å²) < 4.78 is 5.84. The number of rotatable bonds is 3. The lowest BCUT2D eigenvalue weighted by Gasteiger charge is -2.47. The van der Waals surface area contributed by atoms with E-state index in [4.69, 9.17) is 16.3 Å². The number of likely N-dealkylation sites (N-methyl/N-ethyl adjacent to an activating group) is 1. The van der Waals surface area contributed by atoms with Crippen molar-refractivity contribution in [2.24, 2.45) is 5.92 Å². The lowest BCUT2D eigenvalue weighted by molar-refractivity contribution is -0.796. The van der Waals surface area contributed by atoms with Crippen molar-refractivity contribution in [2.45, 2.75) is 38.3 Å². The van der Waals surface area contributed by atoms with Gasteiger partial charge in [-0.2, -0.15) is 0 Å². The van der Waals surface area contributed by atoms with Crippen molar-refractivity contribution in [1.82, 2.24) is 4.90 Å². The largest absolute Gasteiger partial charge is 0.626 e. The fourth-order valence-electron chi connectivity index (χ4n) is 4.47. The van der Waals surface area contributed by atoms with Gasteiger partial charge in [0.1, 0.15) is 11.6 Å². The summed E-state index contributed by atoms with van der Waals surface area (Å²) in [4.78, 5) is 29.2. The number of fused-ring (bicyclic) bond motifs is 4. The molecular weight excluding hydrogens is 370 g/mol. The number of amides is 2. The Balaban J connectivity index is 1.68. The molecule has 2 bridgehead atoms. The van der Waals surface area contributed by atoms with Crippen molar-refractivity contribution in [1.29, 1.82) is 0 Å². The van der Waals surface area contributed by atoms with Crippen molar-refractivity contribution >= 4 is 29.1 Å². The number of halogens is 1. The normalized spacial score (nSPS) is 30.7. The third kappa shape index (κ3) is 3.12. The first kappa shape index (κ1) is 18.7. The fraction of sp³-hybridized carbons (Fsp3) is 0.579. The Hall–Kier alpha value is -1.67. The Labute approximate surface area is 163 Å². The molecule has 0 aliphatic carbocycles. The van der Waals surface area contributed by atoms with Crippen molar-refractivity contribution in [3.63, 3.8) is 0 Å². The molecule has 3 unspecified atom stereocenters. The highest BCUT2D eigenvalue weighted by Crippen LogP contribution is 2.39. The Morgan fingerprint density at radius 1 is 1.37 bits per heavy atom. The number of anilines is 1. The molecule has 8 heteroatoms. The molecule has 3 fully saturated rings. The summed E-state index contributed by atoms with van der Waals surface area (Å²) in [5.74, 6) is -0.192. The summed E-state index contributed by atoms with van der Waals surface area (Å²) >= 11 is 6.20. The number of benzene rings is 1. The van der Waals surface area contributed by atoms with Crippen LogP contribution in [-0.4, -0.2) is 55.5 Å². The molecule has 3 atom stereocenters. The van der Waals surface area contributed by atoms with Gasteiger partial charge in [0, 0.05) is 18.0 Å². The molecular formula is C19H24ClN3O4. The van der Waals surface area contributed by atoms with Crippen LogP contribution >= 0.6 is 11.6 Å². The van der Waals surface area contributed by atoms with Gasteiger partial charge in [0.05, 0.1) is 12.2 Å². The lowest BCUT2D eigenvalue weighted by Crippen LogP contribution is -3.16. The standard InChI is InChI=1S/C19H24ClN3O4/c1-3-16-19(25)21(2)14-9-12(20)8-13(17(14)27-16)18(24)23(26)15-10-22-6-4-11(15)5-7-22/h8-9,11,15-16,23H,3-7,10H2,1-2H3. The fourth-order valence-corrected chi connectivity index (χ4v) is 4.68. The van der Waals surface area contributed by atoms with Crippen molar-refractivity contribution < 1.29 is 19.4 Å². The first-order chi connectivity index (χ1) is 12.9. The molecule has 4 aliphatic rings. The Morgan fingerprint density at radius 3 is 2.67 bits per heavy atom. The second-order valence-electron chi connectivity index (χ2n) is 7.65. The maximum atomic E-state index is 13.1. The molecule has 2 amide bonds. The van der Waals surface area contributed by atoms with Crippen LogP contribution in [0.1, 0.15) is 36.5 Å². The zero-order chi connectivity index (χ0) is 19.3. The molecule has 7 nitrogen and oxygen atoms in total. The van der Waals surface area contributed by atoms with Gasteiger partial charge in [0.15, 0.2) is 11.9 Å². The SMILES string of the molecule is CCC1Oc2c(C(=O)[NH+]([O-])C3CN4CCC3CC4)cc(Cl)cc2N(C)C1=O. The van der Waals surface area contributed by atoms with E-state index in [0.717, 1.165) is 25.9 Å². The molecule has 0 saturated carbocycles. The average molecular weight is 394 g/mol. The molecule has 5 rings (SSSR count). The van der Waals surface area contributed by atoms with E-state index in [2.05, 4.69) is 4.90 Å². The quantitative estimate of drug-likeness (QED) is 0.778. The van der Waals surface area contributed by atoms with Crippen LogP contribution in [0.15, 0.2) is 12.1 Å². The summed E-state index contributed by atoms with van der Waals surface area (Å²) in [5.41, 5.74) is 0.596.